The summed E-state index contributed by atoms with van der Waals surface area (Å²) in [5.41, 5.74) is 6.36. The SMILES string of the molecule is C1=C(C2Cc3ccccc3CO2)c2ccccc2CO1. The molecule has 2 heterocycles. The third-order valence-electron chi connectivity index (χ3n) is 4.09. The fourth-order valence-corrected chi connectivity index (χ4v) is 3.01. The summed E-state index contributed by atoms with van der Waals surface area (Å²) >= 11 is 0. The molecule has 0 aliphatic carbocycles. The van der Waals surface area contributed by atoms with Gasteiger partial charge in [0.15, 0.2) is 0 Å². The number of rotatable bonds is 1. The summed E-state index contributed by atoms with van der Waals surface area (Å²) in [6.45, 7) is 1.34. The first-order chi connectivity index (χ1) is 9.92. The van der Waals surface area contributed by atoms with Gasteiger partial charge in [0.05, 0.1) is 19.0 Å². The Labute approximate surface area is 118 Å². The van der Waals surface area contributed by atoms with Crippen LogP contribution in [-0.2, 0) is 29.1 Å². The lowest BCUT2D eigenvalue weighted by Crippen LogP contribution is -2.25. The molecule has 2 aliphatic heterocycles. The second-order valence-corrected chi connectivity index (χ2v) is 5.31. The van der Waals surface area contributed by atoms with E-state index < -0.39 is 0 Å². The maximum absolute atomic E-state index is 6.05. The third kappa shape index (κ3) is 1.93. The van der Waals surface area contributed by atoms with Crippen molar-refractivity contribution in [2.75, 3.05) is 0 Å². The van der Waals surface area contributed by atoms with Crippen LogP contribution in [0.4, 0.5) is 0 Å². The fraction of sp³-hybridized carbons (Fsp3) is 0.222. The zero-order chi connectivity index (χ0) is 13.4. The minimum absolute atomic E-state index is 0.0892. The van der Waals surface area contributed by atoms with Gasteiger partial charge in [-0.2, -0.15) is 0 Å². The number of hydrogen-bond acceptors (Lipinski definition) is 2. The summed E-state index contributed by atoms with van der Waals surface area (Å²) in [5, 5.41) is 0. The Hall–Kier alpha value is -2.06. The van der Waals surface area contributed by atoms with Gasteiger partial charge in [-0.1, -0.05) is 48.5 Å². The van der Waals surface area contributed by atoms with Crippen LogP contribution in [0.3, 0.4) is 0 Å². The van der Waals surface area contributed by atoms with Crippen molar-refractivity contribution in [2.45, 2.75) is 25.7 Å². The summed E-state index contributed by atoms with van der Waals surface area (Å²) in [7, 11) is 0. The molecule has 0 N–H and O–H groups in total. The normalized spacial score (nSPS) is 20.4. The molecule has 1 unspecified atom stereocenters. The number of fused-ring (bicyclic) bond motifs is 2. The molecule has 2 aliphatic rings. The Morgan fingerprint density at radius 2 is 1.55 bits per heavy atom. The van der Waals surface area contributed by atoms with Gasteiger partial charge in [0.1, 0.15) is 6.61 Å². The van der Waals surface area contributed by atoms with E-state index in [9.17, 15) is 0 Å². The summed E-state index contributed by atoms with van der Waals surface area (Å²) < 4.78 is 11.7. The molecule has 0 saturated carbocycles. The van der Waals surface area contributed by atoms with Crippen LogP contribution in [0, 0.1) is 0 Å². The van der Waals surface area contributed by atoms with Crippen LogP contribution in [0.2, 0.25) is 0 Å². The lowest BCUT2D eigenvalue weighted by molar-refractivity contribution is 0.0630. The molecule has 0 radical (unpaired) electrons. The largest absolute Gasteiger partial charge is 0.496 e. The molecule has 20 heavy (non-hydrogen) atoms. The van der Waals surface area contributed by atoms with Crippen molar-refractivity contribution < 1.29 is 9.47 Å². The number of hydrogen-bond donors (Lipinski definition) is 0. The summed E-state index contributed by atoms with van der Waals surface area (Å²) in [6, 6.07) is 16.9. The highest BCUT2D eigenvalue weighted by Crippen LogP contribution is 2.33. The molecule has 4 rings (SSSR count). The van der Waals surface area contributed by atoms with Gasteiger partial charge >= 0.3 is 0 Å². The van der Waals surface area contributed by atoms with Gasteiger partial charge in [-0.3, -0.25) is 0 Å². The quantitative estimate of drug-likeness (QED) is 0.782. The molecule has 2 aromatic carbocycles. The monoisotopic (exact) mass is 264 g/mol. The van der Waals surface area contributed by atoms with Crippen molar-refractivity contribution in [3.8, 4) is 0 Å². The molecule has 2 aromatic rings. The van der Waals surface area contributed by atoms with Gasteiger partial charge in [-0.15, -0.1) is 0 Å². The van der Waals surface area contributed by atoms with E-state index in [1.165, 1.54) is 27.8 Å². The lowest BCUT2D eigenvalue weighted by atomic mass is 9.89. The van der Waals surface area contributed by atoms with Crippen molar-refractivity contribution in [3.05, 3.63) is 77.0 Å². The summed E-state index contributed by atoms with van der Waals surface area (Å²) in [4.78, 5) is 0. The van der Waals surface area contributed by atoms with E-state index >= 15 is 0 Å². The zero-order valence-electron chi connectivity index (χ0n) is 11.2. The molecule has 0 saturated heterocycles. The maximum Gasteiger partial charge on any atom is 0.113 e. The highest BCUT2D eigenvalue weighted by molar-refractivity contribution is 5.72. The second-order valence-electron chi connectivity index (χ2n) is 5.31. The Morgan fingerprint density at radius 1 is 0.800 bits per heavy atom. The lowest BCUT2D eigenvalue weighted by Gasteiger charge is -2.29. The third-order valence-corrected chi connectivity index (χ3v) is 4.09. The van der Waals surface area contributed by atoms with Gasteiger partial charge in [0.25, 0.3) is 0 Å². The van der Waals surface area contributed by atoms with Crippen molar-refractivity contribution in [1.29, 1.82) is 0 Å². The van der Waals surface area contributed by atoms with Crippen LogP contribution >= 0.6 is 0 Å². The Kier molecular flexibility index (Phi) is 2.82. The first-order valence-electron chi connectivity index (χ1n) is 7.00. The molecule has 0 aromatic heterocycles. The van der Waals surface area contributed by atoms with Gasteiger partial charge in [0, 0.05) is 12.0 Å². The Bertz CT molecular complexity index is 673. The van der Waals surface area contributed by atoms with E-state index in [1.807, 2.05) is 6.26 Å². The molecule has 0 fully saturated rings. The number of benzene rings is 2. The maximum atomic E-state index is 6.05. The average molecular weight is 264 g/mol. The molecule has 0 spiro atoms. The predicted molar refractivity (Wildman–Crippen MR) is 77.9 cm³/mol. The van der Waals surface area contributed by atoms with Gasteiger partial charge in [-0.25, -0.2) is 0 Å². The fourth-order valence-electron chi connectivity index (χ4n) is 3.01. The van der Waals surface area contributed by atoms with Gasteiger partial charge < -0.3 is 9.47 Å². The van der Waals surface area contributed by atoms with Gasteiger partial charge in [-0.05, 0) is 22.3 Å². The molecule has 2 nitrogen and oxygen atoms in total. The Balaban J connectivity index is 1.68. The van der Waals surface area contributed by atoms with Crippen LogP contribution in [0.5, 0.6) is 0 Å². The molecular formula is C18H16O2. The van der Waals surface area contributed by atoms with E-state index in [2.05, 4.69) is 48.5 Å². The van der Waals surface area contributed by atoms with Crippen LogP contribution in [0.15, 0.2) is 54.8 Å². The molecule has 1 atom stereocenters. The van der Waals surface area contributed by atoms with Crippen molar-refractivity contribution >= 4 is 5.57 Å². The summed E-state index contributed by atoms with van der Waals surface area (Å²) in [6.07, 6.45) is 2.88. The predicted octanol–water partition coefficient (Wildman–Crippen LogP) is 3.70. The summed E-state index contributed by atoms with van der Waals surface area (Å²) in [5.74, 6) is 0. The molecular weight excluding hydrogens is 248 g/mol. The van der Waals surface area contributed by atoms with E-state index in [4.69, 9.17) is 9.47 Å². The standard InChI is InChI=1S/C18H16O2/c1-2-6-14-11-20-18(9-13(14)5-1)17-12-19-10-15-7-3-4-8-16(15)17/h1-8,12,18H,9-11H2. The van der Waals surface area contributed by atoms with Crippen LogP contribution in [-0.4, -0.2) is 6.10 Å². The minimum atomic E-state index is 0.0892. The minimum Gasteiger partial charge on any atom is -0.496 e. The first-order valence-corrected chi connectivity index (χ1v) is 7.00. The highest BCUT2D eigenvalue weighted by atomic mass is 16.5. The van der Waals surface area contributed by atoms with Crippen LogP contribution in [0.1, 0.15) is 22.3 Å². The van der Waals surface area contributed by atoms with E-state index in [0.29, 0.717) is 13.2 Å². The van der Waals surface area contributed by atoms with Crippen molar-refractivity contribution in [1.82, 2.24) is 0 Å². The molecule has 0 bridgehead atoms. The Morgan fingerprint density at radius 3 is 2.45 bits per heavy atom. The van der Waals surface area contributed by atoms with E-state index in [-0.39, 0.29) is 6.10 Å². The smallest absolute Gasteiger partial charge is 0.113 e. The van der Waals surface area contributed by atoms with Gasteiger partial charge in [0.2, 0.25) is 0 Å². The van der Waals surface area contributed by atoms with E-state index in [1.54, 1.807) is 0 Å². The number of ether oxygens (including phenoxy) is 2. The second kappa shape index (κ2) is 4.80. The highest BCUT2D eigenvalue weighted by Gasteiger charge is 2.26. The van der Waals surface area contributed by atoms with E-state index in [0.717, 1.165) is 6.42 Å². The van der Waals surface area contributed by atoms with Crippen molar-refractivity contribution in [2.24, 2.45) is 0 Å². The zero-order valence-corrected chi connectivity index (χ0v) is 11.2. The van der Waals surface area contributed by atoms with Crippen molar-refractivity contribution in [3.63, 3.8) is 0 Å². The first kappa shape index (κ1) is 11.7. The average Bonchev–Trinajstić information content (AvgIpc) is 2.54. The van der Waals surface area contributed by atoms with Crippen LogP contribution < -0.4 is 0 Å². The molecule has 0 amide bonds. The molecule has 100 valence electrons. The molecule has 2 heteroatoms. The van der Waals surface area contributed by atoms with Crippen LogP contribution in [0.25, 0.3) is 5.57 Å². The topological polar surface area (TPSA) is 18.5 Å².